The summed E-state index contributed by atoms with van der Waals surface area (Å²) in [6.45, 7) is 1.20. The first-order valence-electron chi connectivity index (χ1n) is 12.1. The molecule has 5 rings (SSSR count). The van der Waals surface area contributed by atoms with Gasteiger partial charge in [0.05, 0.1) is 12.7 Å². The number of hydrogen-bond acceptors (Lipinski definition) is 13. The van der Waals surface area contributed by atoms with Crippen molar-refractivity contribution in [1.29, 1.82) is 0 Å². The lowest BCUT2D eigenvalue weighted by atomic mass is 9.99. The molecule has 7 N–H and O–H groups in total. The van der Waals surface area contributed by atoms with Crippen molar-refractivity contribution in [2.45, 2.75) is 62.2 Å². The van der Waals surface area contributed by atoms with Crippen LogP contribution < -0.4 is 10.2 Å². The molecule has 13 heteroatoms. The van der Waals surface area contributed by atoms with Gasteiger partial charge < -0.3 is 59.1 Å². The molecule has 13 nitrogen and oxygen atoms in total. The first-order chi connectivity index (χ1) is 18.5. The van der Waals surface area contributed by atoms with Gasteiger partial charge in [0, 0.05) is 23.8 Å². The van der Waals surface area contributed by atoms with E-state index in [1.807, 2.05) is 0 Å². The number of rotatable bonds is 5. The van der Waals surface area contributed by atoms with Gasteiger partial charge >= 0.3 is 0 Å². The molecule has 3 heterocycles. The molecule has 9 atom stereocenters. The molecule has 0 amide bonds. The van der Waals surface area contributed by atoms with Crippen molar-refractivity contribution in [1.82, 2.24) is 0 Å². The largest absolute Gasteiger partial charge is 0.508 e. The van der Waals surface area contributed by atoms with E-state index in [2.05, 4.69) is 0 Å². The minimum atomic E-state index is -1.67. The van der Waals surface area contributed by atoms with Crippen LogP contribution in [-0.2, 0) is 14.2 Å². The van der Waals surface area contributed by atoms with Crippen LogP contribution >= 0.6 is 0 Å². The van der Waals surface area contributed by atoms with E-state index in [1.54, 1.807) is 12.1 Å². The van der Waals surface area contributed by atoms with Crippen molar-refractivity contribution in [3.63, 3.8) is 0 Å². The number of aromatic hydroxyl groups is 2. The molecule has 39 heavy (non-hydrogen) atoms. The Labute approximate surface area is 220 Å². The summed E-state index contributed by atoms with van der Waals surface area (Å²) in [4.78, 5) is 12.7. The van der Waals surface area contributed by atoms with Crippen molar-refractivity contribution in [3.8, 4) is 28.6 Å². The van der Waals surface area contributed by atoms with E-state index in [1.165, 1.54) is 31.2 Å². The molecule has 2 aromatic carbocycles. The van der Waals surface area contributed by atoms with Gasteiger partial charge in [-0.25, -0.2) is 0 Å². The van der Waals surface area contributed by atoms with Gasteiger partial charge in [-0.05, 0) is 31.2 Å². The highest BCUT2D eigenvalue weighted by Crippen LogP contribution is 2.34. The van der Waals surface area contributed by atoms with Crippen molar-refractivity contribution >= 4 is 11.0 Å². The third-order valence-corrected chi connectivity index (χ3v) is 6.71. The van der Waals surface area contributed by atoms with Gasteiger partial charge in [0.15, 0.2) is 11.7 Å². The van der Waals surface area contributed by atoms with Gasteiger partial charge in [-0.2, -0.15) is 0 Å². The number of fused-ring (bicyclic) bond motifs is 1. The van der Waals surface area contributed by atoms with E-state index in [0.29, 0.717) is 5.56 Å². The van der Waals surface area contributed by atoms with Crippen LogP contribution in [0, 0.1) is 0 Å². The normalized spacial score (nSPS) is 33.2. The lowest BCUT2D eigenvalue weighted by Gasteiger charge is -2.44. The van der Waals surface area contributed by atoms with E-state index in [-0.39, 0.29) is 34.8 Å². The minimum Gasteiger partial charge on any atom is -0.508 e. The van der Waals surface area contributed by atoms with Crippen LogP contribution in [0.2, 0.25) is 0 Å². The quantitative estimate of drug-likeness (QED) is 0.216. The number of aliphatic hydroxyl groups excluding tert-OH is 5. The van der Waals surface area contributed by atoms with Crippen LogP contribution in [0.15, 0.2) is 51.7 Å². The predicted octanol–water partition coefficient (Wildman–Crippen LogP) is -0.459. The summed E-state index contributed by atoms with van der Waals surface area (Å²) in [7, 11) is 0. The molecular formula is C26H28O13. The van der Waals surface area contributed by atoms with E-state index in [0.717, 1.165) is 6.07 Å². The Morgan fingerprint density at radius 1 is 0.872 bits per heavy atom. The van der Waals surface area contributed by atoms with E-state index in [9.17, 15) is 40.5 Å². The molecule has 0 spiro atoms. The Balaban J connectivity index is 1.35. The topological polar surface area (TPSA) is 209 Å². The number of aliphatic hydroxyl groups is 5. The summed E-state index contributed by atoms with van der Waals surface area (Å²) in [6.07, 6.45) is -12.7. The van der Waals surface area contributed by atoms with E-state index < -0.39 is 66.5 Å². The molecule has 2 aliphatic rings. The van der Waals surface area contributed by atoms with Crippen molar-refractivity contribution in [2.75, 3.05) is 6.61 Å². The molecule has 9 unspecified atom stereocenters. The minimum absolute atomic E-state index is 0.0233. The summed E-state index contributed by atoms with van der Waals surface area (Å²) in [5.41, 5.74) is -0.0447. The van der Waals surface area contributed by atoms with Gasteiger partial charge in [0.25, 0.3) is 0 Å². The number of benzene rings is 2. The molecule has 1 aromatic heterocycles. The van der Waals surface area contributed by atoms with Crippen LogP contribution in [0.5, 0.6) is 17.2 Å². The summed E-state index contributed by atoms with van der Waals surface area (Å²) >= 11 is 0. The monoisotopic (exact) mass is 548 g/mol. The Hall–Kier alpha value is -3.27. The summed E-state index contributed by atoms with van der Waals surface area (Å²) < 4.78 is 28.0. The number of phenolic OH excluding ortho intramolecular Hbond substituents is 2. The molecular weight excluding hydrogens is 520 g/mol. The molecule has 0 bridgehead atoms. The highest BCUT2D eigenvalue weighted by molar-refractivity contribution is 5.86. The third kappa shape index (κ3) is 5.31. The average molecular weight is 548 g/mol. The highest BCUT2D eigenvalue weighted by Gasteiger charge is 2.48. The highest BCUT2D eigenvalue weighted by atomic mass is 16.7. The van der Waals surface area contributed by atoms with E-state index >= 15 is 0 Å². The SMILES string of the molecule is CC1OC(Oc2cc(O)c3c(=O)cc(-c4ccc(O)cc4)oc3c2)C(O)C(O)C1OC1OCC(O)C(O)C1O. The zero-order valence-electron chi connectivity index (χ0n) is 20.5. The first kappa shape index (κ1) is 27.3. The second-order valence-corrected chi connectivity index (χ2v) is 9.50. The van der Waals surface area contributed by atoms with Crippen molar-refractivity contribution in [3.05, 3.63) is 52.7 Å². The number of ether oxygens (including phenoxy) is 4. The molecule has 0 aliphatic carbocycles. The van der Waals surface area contributed by atoms with Gasteiger partial charge in [0.1, 0.15) is 70.6 Å². The van der Waals surface area contributed by atoms with Gasteiger partial charge in [-0.3, -0.25) is 4.79 Å². The Morgan fingerprint density at radius 2 is 1.56 bits per heavy atom. The molecule has 2 saturated heterocycles. The van der Waals surface area contributed by atoms with Crippen LogP contribution in [0.25, 0.3) is 22.3 Å². The van der Waals surface area contributed by atoms with Gasteiger partial charge in [0.2, 0.25) is 6.29 Å². The van der Waals surface area contributed by atoms with Gasteiger partial charge in [-0.1, -0.05) is 0 Å². The predicted molar refractivity (Wildman–Crippen MR) is 131 cm³/mol. The standard InChI is InChI=1S/C26H28O13/c1-10-24(39-25-22(33)20(31)16(30)9-35-25)21(32)23(34)26(36-10)37-13-6-14(28)19-15(29)8-17(38-18(19)7-13)11-2-4-12(27)5-3-11/h2-8,10,16,20-28,30-34H,9H2,1H3. The molecule has 0 saturated carbocycles. The smallest absolute Gasteiger partial charge is 0.229 e. The lowest BCUT2D eigenvalue weighted by Crippen LogP contribution is -2.62. The van der Waals surface area contributed by atoms with Crippen LogP contribution in [-0.4, -0.2) is 97.7 Å². The molecule has 0 radical (unpaired) electrons. The summed E-state index contributed by atoms with van der Waals surface area (Å²) in [6, 6.07) is 9.60. The Morgan fingerprint density at radius 3 is 2.28 bits per heavy atom. The maximum atomic E-state index is 12.7. The zero-order chi connectivity index (χ0) is 28.0. The maximum absolute atomic E-state index is 12.7. The van der Waals surface area contributed by atoms with Crippen molar-refractivity contribution < 1.29 is 59.1 Å². The molecule has 2 fully saturated rings. The zero-order valence-corrected chi connectivity index (χ0v) is 20.5. The second kappa shape index (κ2) is 10.7. The van der Waals surface area contributed by atoms with Crippen LogP contribution in [0.1, 0.15) is 6.92 Å². The fourth-order valence-electron chi connectivity index (χ4n) is 4.56. The van der Waals surface area contributed by atoms with Gasteiger partial charge in [-0.15, -0.1) is 0 Å². The average Bonchev–Trinajstić information content (AvgIpc) is 2.89. The maximum Gasteiger partial charge on any atom is 0.229 e. The molecule has 3 aromatic rings. The second-order valence-electron chi connectivity index (χ2n) is 9.50. The lowest BCUT2D eigenvalue weighted by molar-refractivity contribution is -0.334. The fourth-order valence-corrected chi connectivity index (χ4v) is 4.56. The van der Waals surface area contributed by atoms with E-state index in [4.69, 9.17) is 23.4 Å². The van der Waals surface area contributed by atoms with Crippen LogP contribution in [0.4, 0.5) is 0 Å². The fraction of sp³-hybridized carbons (Fsp3) is 0.423. The number of phenols is 2. The summed E-state index contributed by atoms with van der Waals surface area (Å²) in [5.74, 6) is -0.286. The first-order valence-corrected chi connectivity index (χ1v) is 12.1. The summed E-state index contributed by atoms with van der Waals surface area (Å²) in [5, 5.41) is 70.9. The molecule has 2 aliphatic heterocycles. The third-order valence-electron chi connectivity index (χ3n) is 6.71. The molecule has 210 valence electrons. The Bertz CT molecular complexity index is 1370. The number of hydrogen-bond donors (Lipinski definition) is 7. The van der Waals surface area contributed by atoms with Crippen LogP contribution in [0.3, 0.4) is 0 Å². The Kier molecular flexibility index (Phi) is 7.50. The van der Waals surface area contributed by atoms with Crippen molar-refractivity contribution in [2.24, 2.45) is 0 Å².